The molecule has 140 valence electrons. The van der Waals surface area contributed by atoms with Gasteiger partial charge in [-0.2, -0.15) is 13.2 Å². The Bertz CT molecular complexity index is 415. The number of nitrogens with zero attached hydrogens (tertiary/aromatic N) is 3. The number of hydrogen-bond acceptors (Lipinski definition) is 2. The zero-order chi connectivity index (χ0) is 17.7. The highest BCUT2D eigenvalue weighted by Gasteiger charge is 2.34. The SMILES string of the molecule is CCNC(=NCC1CCN(CC(F)(F)F)C1)N1CC(C)CC(C)C1. The van der Waals surface area contributed by atoms with Crippen molar-refractivity contribution in [3.8, 4) is 0 Å². The first-order chi connectivity index (χ1) is 11.3. The lowest BCUT2D eigenvalue weighted by molar-refractivity contribution is -0.143. The molecule has 0 amide bonds. The summed E-state index contributed by atoms with van der Waals surface area (Å²) in [6.45, 7) is 10.2. The largest absolute Gasteiger partial charge is 0.401 e. The number of piperidine rings is 1. The molecule has 2 saturated heterocycles. The van der Waals surface area contributed by atoms with Crippen molar-refractivity contribution in [1.82, 2.24) is 15.1 Å². The van der Waals surface area contributed by atoms with Crippen molar-refractivity contribution in [3.05, 3.63) is 0 Å². The minimum absolute atomic E-state index is 0.223. The van der Waals surface area contributed by atoms with E-state index in [0.717, 1.165) is 32.0 Å². The second kappa shape index (κ2) is 8.41. The molecule has 0 aromatic rings. The first-order valence-electron chi connectivity index (χ1n) is 9.09. The third kappa shape index (κ3) is 6.15. The number of likely N-dealkylation sites (tertiary alicyclic amines) is 2. The monoisotopic (exact) mass is 348 g/mol. The van der Waals surface area contributed by atoms with E-state index < -0.39 is 12.7 Å². The molecule has 0 aliphatic carbocycles. The number of rotatable bonds is 4. The van der Waals surface area contributed by atoms with E-state index >= 15 is 0 Å². The Balaban J connectivity index is 1.89. The van der Waals surface area contributed by atoms with Crippen molar-refractivity contribution in [3.63, 3.8) is 0 Å². The molecule has 0 saturated carbocycles. The third-order valence-electron chi connectivity index (χ3n) is 4.78. The highest BCUT2D eigenvalue weighted by molar-refractivity contribution is 5.80. The maximum absolute atomic E-state index is 12.5. The van der Waals surface area contributed by atoms with Gasteiger partial charge < -0.3 is 10.2 Å². The summed E-state index contributed by atoms with van der Waals surface area (Å²) in [5, 5.41) is 3.35. The zero-order valence-corrected chi connectivity index (χ0v) is 15.1. The van der Waals surface area contributed by atoms with Gasteiger partial charge in [-0.1, -0.05) is 13.8 Å². The highest BCUT2D eigenvalue weighted by Crippen LogP contribution is 2.24. The molecule has 2 heterocycles. The van der Waals surface area contributed by atoms with Gasteiger partial charge in [0.1, 0.15) is 0 Å². The van der Waals surface area contributed by atoms with Gasteiger partial charge in [0.05, 0.1) is 6.54 Å². The molecule has 1 N–H and O–H groups in total. The van der Waals surface area contributed by atoms with Gasteiger partial charge in [0.25, 0.3) is 0 Å². The van der Waals surface area contributed by atoms with E-state index in [2.05, 4.69) is 24.1 Å². The Kier molecular flexibility index (Phi) is 6.78. The quantitative estimate of drug-likeness (QED) is 0.626. The van der Waals surface area contributed by atoms with Crippen LogP contribution in [0.4, 0.5) is 13.2 Å². The van der Waals surface area contributed by atoms with Crippen molar-refractivity contribution < 1.29 is 13.2 Å². The number of halogens is 3. The summed E-state index contributed by atoms with van der Waals surface area (Å²) in [6.07, 6.45) is -2.07. The minimum Gasteiger partial charge on any atom is -0.357 e. The van der Waals surface area contributed by atoms with Crippen LogP contribution in [0, 0.1) is 17.8 Å². The second-order valence-electron chi connectivity index (χ2n) is 7.55. The van der Waals surface area contributed by atoms with Crippen LogP contribution in [-0.2, 0) is 0 Å². The standard InChI is InChI=1S/C17H31F3N4/c1-4-21-16(24-9-13(2)7-14(3)10-24)22-8-15-5-6-23(11-15)12-17(18,19)20/h13-15H,4-12H2,1-3H3,(H,21,22). The summed E-state index contributed by atoms with van der Waals surface area (Å²) in [7, 11) is 0. The van der Waals surface area contributed by atoms with Crippen LogP contribution in [0.1, 0.15) is 33.6 Å². The van der Waals surface area contributed by atoms with E-state index in [0.29, 0.717) is 31.5 Å². The molecule has 0 aromatic carbocycles. The first-order valence-corrected chi connectivity index (χ1v) is 9.09. The van der Waals surface area contributed by atoms with Gasteiger partial charge in [-0.05, 0) is 44.1 Å². The lowest BCUT2D eigenvalue weighted by atomic mass is 9.92. The molecule has 2 aliphatic heterocycles. The summed E-state index contributed by atoms with van der Waals surface area (Å²) in [6, 6.07) is 0. The number of aliphatic imine (C=N–C) groups is 1. The first kappa shape index (κ1) is 19.3. The Morgan fingerprint density at radius 2 is 1.83 bits per heavy atom. The topological polar surface area (TPSA) is 30.9 Å². The van der Waals surface area contributed by atoms with Crippen LogP contribution in [-0.4, -0.2) is 67.7 Å². The fraction of sp³-hybridized carbons (Fsp3) is 0.941. The van der Waals surface area contributed by atoms with Crippen LogP contribution in [0.2, 0.25) is 0 Å². The van der Waals surface area contributed by atoms with Crippen LogP contribution in [0.15, 0.2) is 4.99 Å². The number of guanidine groups is 1. The molecule has 2 rings (SSSR count). The summed E-state index contributed by atoms with van der Waals surface area (Å²) >= 11 is 0. The van der Waals surface area contributed by atoms with Gasteiger partial charge in [-0.3, -0.25) is 9.89 Å². The van der Waals surface area contributed by atoms with Gasteiger partial charge in [0.15, 0.2) is 5.96 Å². The summed E-state index contributed by atoms with van der Waals surface area (Å²) in [4.78, 5) is 8.55. The Hall–Kier alpha value is -0.980. The number of nitrogens with one attached hydrogen (secondary N) is 1. The van der Waals surface area contributed by atoms with Crippen molar-refractivity contribution in [2.45, 2.75) is 39.8 Å². The van der Waals surface area contributed by atoms with E-state index in [4.69, 9.17) is 4.99 Å². The van der Waals surface area contributed by atoms with Crippen LogP contribution in [0.25, 0.3) is 0 Å². The Morgan fingerprint density at radius 1 is 1.17 bits per heavy atom. The molecule has 24 heavy (non-hydrogen) atoms. The van der Waals surface area contributed by atoms with Crippen LogP contribution in [0.5, 0.6) is 0 Å². The van der Waals surface area contributed by atoms with E-state index in [1.807, 2.05) is 6.92 Å². The molecule has 7 heteroatoms. The number of hydrogen-bond donors (Lipinski definition) is 1. The predicted molar refractivity (Wildman–Crippen MR) is 91.1 cm³/mol. The molecule has 2 aliphatic rings. The summed E-state index contributed by atoms with van der Waals surface area (Å²) in [5.74, 6) is 2.43. The fourth-order valence-electron chi connectivity index (χ4n) is 3.94. The van der Waals surface area contributed by atoms with E-state index in [1.165, 1.54) is 11.3 Å². The Morgan fingerprint density at radius 3 is 2.42 bits per heavy atom. The smallest absolute Gasteiger partial charge is 0.357 e. The molecule has 0 aromatic heterocycles. The average molecular weight is 348 g/mol. The van der Waals surface area contributed by atoms with Gasteiger partial charge >= 0.3 is 6.18 Å². The van der Waals surface area contributed by atoms with Gasteiger partial charge in [0, 0.05) is 32.7 Å². The highest BCUT2D eigenvalue weighted by atomic mass is 19.4. The molecule has 3 unspecified atom stereocenters. The van der Waals surface area contributed by atoms with Gasteiger partial charge in [-0.25, -0.2) is 0 Å². The maximum atomic E-state index is 12.5. The lowest BCUT2D eigenvalue weighted by Crippen LogP contribution is -2.48. The molecule has 0 spiro atoms. The second-order valence-corrected chi connectivity index (χ2v) is 7.55. The Labute approximate surface area is 143 Å². The molecular weight excluding hydrogens is 317 g/mol. The van der Waals surface area contributed by atoms with E-state index in [9.17, 15) is 13.2 Å². The molecule has 2 fully saturated rings. The predicted octanol–water partition coefficient (Wildman–Crippen LogP) is 2.81. The van der Waals surface area contributed by atoms with Crippen molar-refractivity contribution in [1.29, 1.82) is 0 Å². The maximum Gasteiger partial charge on any atom is 0.401 e. The molecule has 0 bridgehead atoms. The van der Waals surface area contributed by atoms with Crippen LogP contribution in [0.3, 0.4) is 0 Å². The van der Waals surface area contributed by atoms with E-state index in [1.54, 1.807) is 0 Å². The van der Waals surface area contributed by atoms with Crippen LogP contribution >= 0.6 is 0 Å². The minimum atomic E-state index is -4.10. The lowest BCUT2D eigenvalue weighted by Gasteiger charge is -2.37. The van der Waals surface area contributed by atoms with E-state index in [-0.39, 0.29) is 5.92 Å². The molecule has 0 radical (unpaired) electrons. The zero-order valence-electron chi connectivity index (χ0n) is 15.1. The molecule has 3 atom stereocenters. The summed E-state index contributed by atoms with van der Waals surface area (Å²) in [5.41, 5.74) is 0. The number of alkyl halides is 3. The van der Waals surface area contributed by atoms with Crippen molar-refractivity contribution >= 4 is 5.96 Å². The molecular formula is C17H31F3N4. The van der Waals surface area contributed by atoms with Gasteiger partial charge in [0.2, 0.25) is 0 Å². The molecule has 4 nitrogen and oxygen atoms in total. The van der Waals surface area contributed by atoms with Crippen molar-refractivity contribution in [2.24, 2.45) is 22.7 Å². The van der Waals surface area contributed by atoms with Crippen molar-refractivity contribution in [2.75, 3.05) is 45.8 Å². The summed E-state index contributed by atoms with van der Waals surface area (Å²) < 4.78 is 37.4. The van der Waals surface area contributed by atoms with Crippen LogP contribution < -0.4 is 5.32 Å². The van der Waals surface area contributed by atoms with Gasteiger partial charge in [-0.15, -0.1) is 0 Å². The normalized spacial score (nSPS) is 30.0. The third-order valence-corrected chi connectivity index (χ3v) is 4.78. The average Bonchev–Trinajstić information content (AvgIpc) is 2.87. The fourth-order valence-corrected chi connectivity index (χ4v) is 3.94.